The molecule has 0 heteroatoms. The van der Waals surface area contributed by atoms with Crippen LogP contribution >= 0.6 is 0 Å². The fraction of sp³-hybridized carbons (Fsp3) is 0.273. The number of aryl methyl sites for hydroxylation is 1. The van der Waals surface area contributed by atoms with Gasteiger partial charge < -0.3 is 0 Å². The molecule has 0 bridgehead atoms. The first-order valence-electron chi connectivity index (χ1n) is 3.78. The lowest BCUT2D eigenvalue weighted by atomic mass is 10.1. The van der Waals surface area contributed by atoms with E-state index in [-0.39, 0.29) is 0 Å². The Labute approximate surface area is 68.3 Å². The number of hydrogen-bond acceptors (Lipinski definition) is 0. The average molecular weight is 143 g/mol. The minimum Gasteiger partial charge on any atom is -0.107 e. The second kappa shape index (κ2) is 4.57. The fourth-order valence-electron chi connectivity index (χ4n) is 0.908. The molecule has 0 aliphatic rings. The highest BCUT2D eigenvalue weighted by molar-refractivity contribution is 5.14. The van der Waals surface area contributed by atoms with Crippen LogP contribution in [-0.4, -0.2) is 0 Å². The maximum absolute atomic E-state index is 3.16. The van der Waals surface area contributed by atoms with E-state index >= 15 is 0 Å². The van der Waals surface area contributed by atoms with Gasteiger partial charge >= 0.3 is 0 Å². The molecule has 0 aliphatic carbocycles. The monoisotopic (exact) mass is 143 g/mol. The van der Waals surface area contributed by atoms with Gasteiger partial charge in [0.1, 0.15) is 0 Å². The quantitative estimate of drug-likeness (QED) is 0.558. The van der Waals surface area contributed by atoms with E-state index in [0.29, 0.717) is 0 Å². The van der Waals surface area contributed by atoms with Gasteiger partial charge in [0.25, 0.3) is 0 Å². The summed E-state index contributed by atoms with van der Waals surface area (Å²) in [5, 5.41) is 0. The zero-order valence-electron chi connectivity index (χ0n) is 6.72. The van der Waals surface area contributed by atoms with Gasteiger partial charge in [0.15, 0.2) is 0 Å². The van der Waals surface area contributed by atoms with Crippen molar-refractivity contribution in [1.29, 1.82) is 0 Å². The van der Waals surface area contributed by atoms with E-state index in [1.807, 2.05) is 25.1 Å². The highest BCUT2D eigenvalue weighted by atomic mass is 13.9. The zero-order chi connectivity index (χ0) is 7.94. The predicted molar refractivity (Wildman–Crippen MR) is 47.0 cm³/mol. The molecule has 0 saturated carbocycles. The van der Waals surface area contributed by atoms with Crippen molar-refractivity contribution in [2.75, 3.05) is 0 Å². The Morgan fingerprint density at radius 1 is 1.45 bits per heavy atom. The predicted octanol–water partition coefficient (Wildman–Crippen LogP) is 2.44. The number of benzene rings is 1. The maximum atomic E-state index is 3.16. The largest absolute Gasteiger partial charge is 0.107 e. The molecule has 11 heavy (non-hydrogen) atoms. The Morgan fingerprint density at radius 2 is 2.36 bits per heavy atom. The van der Waals surface area contributed by atoms with Crippen LogP contribution in [0.5, 0.6) is 0 Å². The van der Waals surface area contributed by atoms with Crippen molar-refractivity contribution in [3.8, 4) is 11.8 Å². The van der Waals surface area contributed by atoms with E-state index < -0.39 is 0 Å². The van der Waals surface area contributed by atoms with Gasteiger partial charge in [0.2, 0.25) is 0 Å². The smallest absolute Gasteiger partial charge is 0.0129 e. The first kappa shape index (κ1) is 7.88. The van der Waals surface area contributed by atoms with E-state index in [4.69, 9.17) is 0 Å². The highest BCUT2D eigenvalue weighted by Crippen LogP contribution is 1.99. The summed E-state index contributed by atoms with van der Waals surface area (Å²) < 4.78 is 0. The summed E-state index contributed by atoms with van der Waals surface area (Å²) in [4.78, 5) is 0. The van der Waals surface area contributed by atoms with Gasteiger partial charge in [-0.1, -0.05) is 24.3 Å². The van der Waals surface area contributed by atoms with Crippen LogP contribution in [-0.2, 0) is 6.42 Å². The second-order valence-electron chi connectivity index (χ2n) is 2.31. The molecule has 0 unspecified atom stereocenters. The zero-order valence-corrected chi connectivity index (χ0v) is 6.72. The van der Waals surface area contributed by atoms with Gasteiger partial charge in [-0.25, -0.2) is 0 Å². The molecule has 55 valence electrons. The average Bonchev–Trinajstić information content (AvgIpc) is 2.07. The molecule has 0 fully saturated rings. The topological polar surface area (TPSA) is 0 Å². The van der Waals surface area contributed by atoms with Crippen LogP contribution < -0.4 is 0 Å². The highest BCUT2D eigenvalue weighted by Gasteiger charge is 1.87. The van der Waals surface area contributed by atoms with Crippen molar-refractivity contribution in [2.24, 2.45) is 0 Å². The minimum atomic E-state index is 0.941. The molecular weight excluding hydrogens is 132 g/mol. The fourth-order valence-corrected chi connectivity index (χ4v) is 0.908. The van der Waals surface area contributed by atoms with Crippen LogP contribution in [0.3, 0.4) is 0 Å². The van der Waals surface area contributed by atoms with E-state index in [1.165, 1.54) is 5.56 Å². The van der Waals surface area contributed by atoms with Gasteiger partial charge in [-0.3, -0.25) is 0 Å². The van der Waals surface area contributed by atoms with Crippen LogP contribution in [0.2, 0.25) is 0 Å². The first-order chi connectivity index (χ1) is 5.43. The third-order valence-corrected chi connectivity index (χ3v) is 1.47. The van der Waals surface area contributed by atoms with Crippen LogP contribution in [0, 0.1) is 17.9 Å². The summed E-state index contributed by atoms with van der Waals surface area (Å²) in [5.74, 6) is 5.90. The summed E-state index contributed by atoms with van der Waals surface area (Å²) in [7, 11) is 0. The lowest BCUT2D eigenvalue weighted by Gasteiger charge is -1.93. The van der Waals surface area contributed by atoms with E-state index in [2.05, 4.69) is 24.0 Å². The van der Waals surface area contributed by atoms with Gasteiger partial charge in [-0.15, -0.1) is 11.8 Å². The van der Waals surface area contributed by atoms with E-state index in [9.17, 15) is 0 Å². The minimum absolute atomic E-state index is 0.941. The summed E-state index contributed by atoms with van der Waals surface area (Å²) in [6.07, 6.45) is 1.96. The molecule has 0 aliphatic heterocycles. The molecular formula is C11H11. The molecule has 1 radical (unpaired) electrons. The number of rotatable bonds is 2. The SMILES string of the molecule is CC#CCCc1[c]cccc1. The summed E-state index contributed by atoms with van der Waals surface area (Å²) in [6, 6.07) is 11.2. The van der Waals surface area contributed by atoms with E-state index in [0.717, 1.165) is 12.8 Å². The van der Waals surface area contributed by atoms with Crippen LogP contribution in [0.15, 0.2) is 24.3 Å². The molecule has 0 spiro atoms. The molecule has 0 N–H and O–H groups in total. The molecule has 1 aromatic rings. The standard InChI is InChI=1S/C11H11/c1-2-3-5-8-11-9-6-4-7-10-11/h4,6-7,9H,5,8H2,1H3. The second-order valence-corrected chi connectivity index (χ2v) is 2.31. The maximum Gasteiger partial charge on any atom is 0.0129 e. The van der Waals surface area contributed by atoms with Crippen molar-refractivity contribution in [2.45, 2.75) is 19.8 Å². The van der Waals surface area contributed by atoms with Crippen LogP contribution in [0.1, 0.15) is 18.9 Å². The Hall–Kier alpha value is -1.22. The molecule has 0 nitrogen and oxygen atoms in total. The molecule has 0 heterocycles. The lowest BCUT2D eigenvalue weighted by molar-refractivity contribution is 1.03. The Bertz CT molecular complexity index is 248. The van der Waals surface area contributed by atoms with Gasteiger partial charge in [-0.05, 0) is 25.0 Å². The van der Waals surface area contributed by atoms with Crippen LogP contribution in [0.25, 0.3) is 0 Å². The van der Waals surface area contributed by atoms with Crippen LogP contribution in [0.4, 0.5) is 0 Å². The summed E-state index contributed by atoms with van der Waals surface area (Å²) >= 11 is 0. The molecule has 0 atom stereocenters. The molecule has 1 rings (SSSR count). The molecule has 0 saturated heterocycles. The molecule has 0 amide bonds. The molecule has 1 aromatic carbocycles. The third-order valence-electron chi connectivity index (χ3n) is 1.47. The lowest BCUT2D eigenvalue weighted by Crippen LogP contribution is -1.81. The van der Waals surface area contributed by atoms with Crippen molar-refractivity contribution in [3.05, 3.63) is 35.9 Å². The summed E-state index contributed by atoms with van der Waals surface area (Å²) in [5.41, 5.74) is 1.25. The number of hydrogen-bond donors (Lipinski definition) is 0. The first-order valence-corrected chi connectivity index (χ1v) is 3.78. The third kappa shape index (κ3) is 2.91. The Morgan fingerprint density at radius 3 is 3.00 bits per heavy atom. The van der Waals surface area contributed by atoms with Crippen molar-refractivity contribution in [3.63, 3.8) is 0 Å². The van der Waals surface area contributed by atoms with Gasteiger partial charge in [0.05, 0.1) is 0 Å². The Balaban J connectivity index is 2.43. The van der Waals surface area contributed by atoms with E-state index in [1.54, 1.807) is 0 Å². The summed E-state index contributed by atoms with van der Waals surface area (Å²) in [6.45, 7) is 1.87. The van der Waals surface area contributed by atoms with Crippen molar-refractivity contribution in [1.82, 2.24) is 0 Å². The Kier molecular flexibility index (Phi) is 3.28. The normalized spacial score (nSPS) is 8.45. The molecule has 0 aromatic heterocycles. The van der Waals surface area contributed by atoms with Gasteiger partial charge in [0, 0.05) is 6.42 Å². The van der Waals surface area contributed by atoms with Gasteiger partial charge in [-0.2, -0.15) is 0 Å². The van der Waals surface area contributed by atoms with Crippen molar-refractivity contribution < 1.29 is 0 Å². The van der Waals surface area contributed by atoms with Crippen molar-refractivity contribution >= 4 is 0 Å².